The van der Waals surface area contributed by atoms with Crippen molar-refractivity contribution in [1.82, 2.24) is 4.98 Å². The Balaban J connectivity index is 2.43. The van der Waals surface area contributed by atoms with Crippen LogP contribution in [0.25, 0.3) is 22.1 Å². The van der Waals surface area contributed by atoms with Crippen LogP contribution in [0.2, 0.25) is 0 Å². The lowest BCUT2D eigenvalue weighted by Gasteiger charge is -2.02. The van der Waals surface area contributed by atoms with Crippen LogP contribution in [0.4, 0.5) is 0 Å². The molecule has 3 aromatic rings. The van der Waals surface area contributed by atoms with E-state index in [9.17, 15) is 4.79 Å². The molecule has 0 atom stereocenters. The molecule has 0 saturated heterocycles. The summed E-state index contributed by atoms with van der Waals surface area (Å²) in [5, 5.41) is 1.58. The van der Waals surface area contributed by atoms with E-state index in [2.05, 4.69) is 4.98 Å². The first-order chi connectivity index (χ1) is 7.86. The fourth-order valence-electron chi connectivity index (χ4n) is 1.87. The summed E-state index contributed by atoms with van der Waals surface area (Å²) in [6.07, 6.45) is 3.28. The fraction of sp³-hybridized carbons (Fsp3) is 0. The third kappa shape index (κ3) is 1.26. The summed E-state index contributed by atoms with van der Waals surface area (Å²) in [6, 6.07) is 11.2. The molecule has 0 unspecified atom stereocenters. The van der Waals surface area contributed by atoms with Crippen LogP contribution in [0, 0.1) is 0 Å². The average Bonchev–Trinajstić information content (AvgIpc) is 2.82. The van der Waals surface area contributed by atoms with Gasteiger partial charge in [-0.25, -0.2) is 0 Å². The third-order valence-electron chi connectivity index (χ3n) is 2.60. The molecule has 3 nitrogen and oxygen atoms in total. The van der Waals surface area contributed by atoms with Crippen molar-refractivity contribution in [3.05, 3.63) is 59.2 Å². The van der Waals surface area contributed by atoms with Gasteiger partial charge in [0, 0.05) is 17.1 Å². The van der Waals surface area contributed by atoms with Gasteiger partial charge in [-0.1, -0.05) is 12.1 Å². The van der Waals surface area contributed by atoms with Gasteiger partial charge in [0.15, 0.2) is 0 Å². The highest BCUT2D eigenvalue weighted by molar-refractivity contribution is 5.94. The first kappa shape index (κ1) is 8.97. The van der Waals surface area contributed by atoms with Crippen molar-refractivity contribution >= 4 is 10.8 Å². The number of fused-ring (bicyclic) bond motifs is 1. The maximum Gasteiger partial charge on any atom is 0.255 e. The van der Waals surface area contributed by atoms with E-state index in [-0.39, 0.29) is 5.56 Å². The zero-order valence-electron chi connectivity index (χ0n) is 8.44. The molecule has 3 heteroatoms. The van der Waals surface area contributed by atoms with Crippen molar-refractivity contribution in [3.8, 4) is 11.3 Å². The Bertz CT molecular complexity index is 680. The second-order valence-electron chi connectivity index (χ2n) is 3.55. The second kappa shape index (κ2) is 3.38. The minimum Gasteiger partial charge on any atom is -0.464 e. The van der Waals surface area contributed by atoms with Gasteiger partial charge in [-0.2, -0.15) is 0 Å². The van der Waals surface area contributed by atoms with E-state index in [1.165, 1.54) is 0 Å². The number of hydrogen-bond donors (Lipinski definition) is 1. The second-order valence-corrected chi connectivity index (χ2v) is 3.55. The molecule has 78 valence electrons. The van der Waals surface area contributed by atoms with Gasteiger partial charge in [0.2, 0.25) is 0 Å². The van der Waals surface area contributed by atoms with Crippen LogP contribution in [0.5, 0.6) is 0 Å². The van der Waals surface area contributed by atoms with Crippen LogP contribution in [0.3, 0.4) is 0 Å². The smallest absolute Gasteiger partial charge is 0.255 e. The number of furan rings is 1. The number of benzene rings is 1. The van der Waals surface area contributed by atoms with E-state index < -0.39 is 0 Å². The predicted octanol–water partition coefficient (Wildman–Crippen LogP) is 2.79. The molecule has 2 heterocycles. The maximum absolute atomic E-state index is 11.6. The monoisotopic (exact) mass is 211 g/mol. The van der Waals surface area contributed by atoms with E-state index in [0.717, 1.165) is 16.7 Å². The van der Waals surface area contributed by atoms with E-state index >= 15 is 0 Å². The SMILES string of the molecule is O=c1[nH]ccc2c(-c3ccco3)cccc12. The van der Waals surface area contributed by atoms with Crippen molar-refractivity contribution in [1.29, 1.82) is 0 Å². The van der Waals surface area contributed by atoms with Crippen molar-refractivity contribution in [2.24, 2.45) is 0 Å². The predicted molar refractivity (Wildman–Crippen MR) is 62.3 cm³/mol. The van der Waals surface area contributed by atoms with Gasteiger partial charge >= 0.3 is 0 Å². The Hall–Kier alpha value is -2.29. The molecule has 0 spiro atoms. The highest BCUT2D eigenvalue weighted by Gasteiger charge is 2.06. The Kier molecular flexibility index (Phi) is 1.90. The summed E-state index contributed by atoms with van der Waals surface area (Å²) in [5.41, 5.74) is 0.861. The quantitative estimate of drug-likeness (QED) is 0.672. The average molecular weight is 211 g/mol. The van der Waals surface area contributed by atoms with Crippen LogP contribution >= 0.6 is 0 Å². The number of nitrogens with one attached hydrogen (secondary N) is 1. The topological polar surface area (TPSA) is 46.0 Å². The number of hydrogen-bond acceptors (Lipinski definition) is 2. The molecule has 3 rings (SSSR count). The normalized spacial score (nSPS) is 10.8. The molecule has 16 heavy (non-hydrogen) atoms. The summed E-state index contributed by atoms with van der Waals surface area (Å²) < 4.78 is 5.36. The number of H-pyrrole nitrogens is 1. The molecule has 0 radical (unpaired) electrons. The van der Waals surface area contributed by atoms with Gasteiger partial charge in [0.1, 0.15) is 5.76 Å². The lowest BCUT2D eigenvalue weighted by atomic mass is 10.0. The Morgan fingerprint density at radius 3 is 2.75 bits per heavy atom. The van der Waals surface area contributed by atoms with E-state index in [4.69, 9.17) is 4.42 Å². The molecule has 0 aliphatic heterocycles. The highest BCUT2D eigenvalue weighted by atomic mass is 16.3. The van der Waals surface area contributed by atoms with Crippen LogP contribution < -0.4 is 5.56 Å². The Morgan fingerprint density at radius 1 is 1.00 bits per heavy atom. The van der Waals surface area contributed by atoms with E-state index in [0.29, 0.717) is 5.39 Å². The molecule has 0 aliphatic rings. The van der Waals surface area contributed by atoms with E-state index in [1.54, 1.807) is 18.5 Å². The number of aromatic amines is 1. The van der Waals surface area contributed by atoms with Crippen LogP contribution in [0.1, 0.15) is 0 Å². The van der Waals surface area contributed by atoms with Gasteiger partial charge in [0.05, 0.1) is 6.26 Å². The van der Waals surface area contributed by atoms with Crippen molar-refractivity contribution < 1.29 is 4.42 Å². The summed E-state index contributed by atoms with van der Waals surface area (Å²) in [7, 11) is 0. The molecule has 1 aromatic carbocycles. The number of aromatic nitrogens is 1. The van der Waals surface area contributed by atoms with Crippen molar-refractivity contribution in [2.45, 2.75) is 0 Å². The standard InChI is InChI=1S/C13H9NO2/c15-13-11-4-1-3-10(9(11)6-7-14-13)12-5-2-8-16-12/h1-8H,(H,14,15). The molecule has 2 aromatic heterocycles. The minimum atomic E-state index is -0.0779. The van der Waals surface area contributed by atoms with E-state index in [1.807, 2.05) is 30.3 Å². The molecule has 1 N–H and O–H groups in total. The first-order valence-electron chi connectivity index (χ1n) is 5.00. The number of rotatable bonds is 1. The van der Waals surface area contributed by atoms with Crippen molar-refractivity contribution in [3.63, 3.8) is 0 Å². The molecule has 0 fully saturated rings. The molecule has 0 bridgehead atoms. The fourth-order valence-corrected chi connectivity index (χ4v) is 1.87. The minimum absolute atomic E-state index is 0.0779. The lowest BCUT2D eigenvalue weighted by Crippen LogP contribution is -2.04. The Morgan fingerprint density at radius 2 is 1.94 bits per heavy atom. The summed E-state index contributed by atoms with van der Waals surface area (Å²) in [5.74, 6) is 0.774. The molecule has 0 aliphatic carbocycles. The summed E-state index contributed by atoms with van der Waals surface area (Å²) >= 11 is 0. The van der Waals surface area contributed by atoms with Crippen LogP contribution in [-0.2, 0) is 0 Å². The van der Waals surface area contributed by atoms with Gasteiger partial charge in [-0.15, -0.1) is 0 Å². The van der Waals surface area contributed by atoms with Gasteiger partial charge in [-0.05, 0) is 29.7 Å². The summed E-state index contributed by atoms with van der Waals surface area (Å²) in [6.45, 7) is 0. The zero-order chi connectivity index (χ0) is 11.0. The van der Waals surface area contributed by atoms with Gasteiger partial charge in [0.25, 0.3) is 5.56 Å². The molecular formula is C13H9NO2. The maximum atomic E-state index is 11.6. The lowest BCUT2D eigenvalue weighted by molar-refractivity contribution is 0.583. The van der Waals surface area contributed by atoms with Crippen molar-refractivity contribution in [2.75, 3.05) is 0 Å². The zero-order valence-corrected chi connectivity index (χ0v) is 8.44. The van der Waals surface area contributed by atoms with Crippen LogP contribution in [0.15, 0.2) is 58.1 Å². The molecular weight excluding hydrogens is 202 g/mol. The van der Waals surface area contributed by atoms with Gasteiger partial charge < -0.3 is 9.40 Å². The van der Waals surface area contributed by atoms with Crippen LogP contribution in [-0.4, -0.2) is 4.98 Å². The molecule has 0 amide bonds. The van der Waals surface area contributed by atoms with Gasteiger partial charge in [-0.3, -0.25) is 4.79 Å². The highest BCUT2D eigenvalue weighted by Crippen LogP contribution is 2.26. The molecule has 0 saturated carbocycles. The third-order valence-corrected chi connectivity index (χ3v) is 2.60. The largest absolute Gasteiger partial charge is 0.464 e. The number of pyridine rings is 1. The Labute approximate surface area is 91.3 Å². The summed E-state index contributed by atoms with van der Waals surface area (Å²) in [4.78, 5) is 14.3. The first-order valence-corrected chi connectivity index (χ1v) is 5.00.